The van der Waals surface area contributed by atoms with Crippen molar-refractivity contribution in [2.24, 2.45) is 46.3 Å². The van der Waals surface area contributed by atoms with Crippen LogP contribution in [0.1, 0.15) is 91.4 Å². The van der Waals surface area contributed by atoms with Crippen molar-refractivity contribution in [1.82, 2.24) is 5.32 Å². The van der Waals surface area contributed by atoms with Gasteiger partial charge < -0.3 is 10.4 Å². The first-order valence-electron chi connectivity index (χ1n) is 13.3. The van der Waals surface area contributed by atoms with Crippen molar-refractivity contribution in [1.29, 1.82) is 0 Å². The van der Waals surface area contributed by atoms with Crippen molar-refractivity contribution >= 4 is 16.0 Å². The largest absolute Gasteiger partial charge is 0.393 e. The van der Waals surface area contributed by atoms with Crippen LogP contribution >= 0.6 is 0 Å². The molecule has 6 nitrogen and oxygen atoms in total. The number of fused-ring (bicyclic) bond motifs is 5. The monoisotopic (exact) mass is 483 g/mol. The Morgan fingerprint density at radius 3 is 2.45 bits per heavy atom. The number of amides is 1. The maximum absolute atomic E-state index is 12.2. The highest BCUT2D eigenvalue weighted by molar-refractivity contribution is 7.85. The highest BCUT2D eigenvalue weighted by Crippen LogP contribution is 2.68. The molecule has 0 radical (unpaired) electrons. The Labute approximate surface area is 200 Å². The summed E-state index contributed by atoms with van der Waals surface area (Å²) >= 11 is 0. The number of nitrogens with one attached hydrogen (secondary N) is 1. The fraction of sp³-hybridized carbons (Fsp3) is 0.962. The van der Waals surface area contributed by atoms with Gasteiger partial charge in [-0.15, -0.1) is 0 Å². The molecule has 9 atom stereocenters. The van der Waals surface area contributed by atoms with Crippen molar-refractivity contribution in [3.05, 3.63) is 0 Å². The number of rotatable bonds is 7. The fourth-order valence-corrected chi connectivity index (χ4v) is 9.54. The van der Waals surface area contributed by atoms with Gasteiger partial charge in [0.05, 0.1) is 11.9 Å². The van der Waals surface area contributed by atoms with E-state index in [2.05, 4.69) is 26.1 Å². The van der Waals surface area contributed by atoms with Crippen molar-refractivity contribution in [3.8, 4) is 0 Å². The molecular formula is C26H45NO5S. The van der Waals surface area contributed by atoms with Crippen LogP contribution in [0.5, 0.6) is 0 Å². The SMILES string of the molecule is C[C@H](CCC(=O)NCCS(=O)(=O)O)C1CCC2C3CCC4C[C@H](O)CC[C@]4(C)C3CC[C@@]21C. The average Bonchev–Trinajstić information content (AvgIpc) is 3.09. The minimum Gasteiger partial charge on any atom is -0.393 e. The van der Waals surface area contributed by atoms with Crippen LogP contribution in [0.4, 0.5) is 0 Å². The molecule has 0 aliphatic heterocycles. The van der Waals surface area contributed by atoms with Crippen LogP contribution in [0.25, 0.3) is 0 Å². The molecule has 0 aromatic rings. The van der Waals surface area contributed by atoms with Crippen molar-refractivity contribution in [2.75, 3.05) is 12.3 Å². The van der Waals surface area contributed by atoms with Crippen LogP contribution < -0.4 is 5.32 Å². The summed E-state index contributed by atoms with van der Waals surface area (Å²) in [5.41, 5.74) is 0.771. The molecule has 4 fully saturated rings. The molecule has 4 aliphatic rings. The number of aliphatic hydroxyl groups is 1. The van der Waals surface area contributed by atoms with E-state index in [1.54, 1.807) is 0 Å². The van der Waals surface area contributed by atoms with E-state index in [9.17, 15) is 18.3 Å². The van der Waals surface area contributed by atoms with Gasteiger partial charge in [-0.2, -0.15) is 8.42 Å². The molecule has 0 aromatic heterocycles. The summed E-state index contributed by atoms with van der Waals surface area (Å²) in [5, 5.41) is 12.9. The van der Waals surface area contributed by atoms with Crippen LogP contribution in [0.15, 0.2) is 0 Å². The third kappa shape index (κ3) is 5.02. The summed E-state index contributed by atoms with van der Waals surface area (Å²) in [5.74, 6) is 3.68. The standard InChI is InChI=1S/C26H45NO5S/c1-17(4-9-24(29)27-14-15-33(30,31)32)21-7-8-22-20-6-5-18-16-19(28)10-12-25(18,2)23(20)11-13-26(21,22)3/h17-23,28H,4-16H2,1-3H3,(H,27,29)(H,30,31,32)/t17-,18?,19-,20?,21?,22?,23?,25+,26-/m1/s1. The first-order chi connectivity index (χ1) is 15.4. The molecule has 0 saturated heterocycles. The van der Waals surface area contributed by atoms with Crippen LogP contribution in [0, 0.1) is 46.3 Å². The molecule has 4 saturated carbocycles. The summed E-state index contributed by atoms with van der Waals surface area (Å²) < 4.78 is 30.5. The van der Waals surface area contributed by atoms with Crippen molar-refractivity contribution in [2.45, 2.75) is 97.5 Å². The van der Waals surface area contributed by atoms with E-state index in [4.69, 9.17) is 4.55 Å². The van der Waals surface area contributed by atoms with Crippen LogP contribution in [0.3, 0.4) is 0 Å². The Balaban J connectivity index is 1.35. The van der Waals surface area contributed by atoms with Crippen molar-refractivity contribution < 1.29 is 22.9 Å². The highest BCUT2D eigenvalue weighted by Gasteiger charge is 2.60. The van der Waals surface area contributed by atoms with E-state index in [-0.39, 0.29) is 18.6 Å². The maximum atomic E-state index is 12.2. The Kier molecular flexibility index (Phi) is 7.26. The zero-order chi connectivity index (χ0) is 24.0. The van der Waals surface area contributed by atoms with Crippen molar-refractivity contribution in [3.63, 3.8) is 0 Å². The Hall–Kier alpha value is -0.660. The first kappa shape index (κ1) is 25.4. The quantitative estimate of drug-likeness (QED) is 0.465. The van der Waals surface area contributed by atoms with E-state index in [0.717, 1.165) is 37.0 Å². The number of carbonyl (C=O) groups excluding carboxylic acids is 1. The fourth-order valence-electron chi connectivity index (χ4n) is 9.18. The van der Waals surface area contributed by atoms with E-state index in [1.165, 1.54) is 44.9 Å². The van der Waals surface area contributed by atoms with Gasteiger partial charge in [0.1, 0.15) is 0 Å². The lowest BCUT2D eigenvalue weighted by Gasteiger charge is -2.61. The molecule has 0 heterocycles. The number of carbonyl (C=O) groups is 1. The molecule has 7 heteroatoms. The lowest BCUT2D eigenvalue weighted by Crippen LogP contribution is -2.54. The molecule has 3 N–H and O–H groups in total. The topological polar surface area (TPSA) is 104 Å². The second kappa shape index (κ2) is 9.42. The molecule has 4 aliphatic carbocycles. The first-order valence-corrected chi connectivity index (χ1v) is 14.9. The summed E-state index contributed by atoms with van der Waals surface area (Å²) in [6.45, 7) is 7.34. The van der Waals surface area contributed by atoms with Crippen LogP contribution in [-0.2, 0) is 14.9 Å². The van der Waals surface area contributed by atoms with E-state index in [1.807, 2.05) is 0 Å². The summed E-state index contributed by atoms with van der Waals surface area (Å²) in [7, 11) is -4.04. The van der Waals surface area contributed by atoms with E-state index >= 15 is 0 Å². The third-order valence-corrected chi connectivity index (χ3v) is 11.6. The Morgan fingerprint density at radius 1 is 1.03 bits per heavy atom. The van der Waals surface area contributed by atoms with E-state index in [0.29, 0.717) is 35.0 Å². The predicted molar refractivity (Wildman–Crippen MR) is 129 cm³/mol. The van der Waals surface area contributed by atoms with Gasteiger partial charge >= 0.3 is 0 Å². The van der Waals surface area contributed by atoms with Crippen LogP contribution in [0.2, 0.25) is 0 Å². The van der Waals surface area contributed by atoms with Crippen LogP contribution in [-0.4, -0.2) is 42.4 Å². The zero-order valence-electron chi connectivity index (χ0n) is 20.8. The third-order valence-electron chi connectivity index (χ3n) is 10.9. The minimum atomic E-state index is -4.04. The van der Waals surface area contributed by atoms with Gasteiger partial charge in [0.2, 0.25) is 5.91 Å². The predicted octanol–water partition coefficient (Wildman–Crippen LogP) is 4.43. The lowest BCUT2D eigenvalue weighted by molar-refractivity contribution is -0.129. The number of aliphatic hydroxyl groups excluding tert-OH is 1. The van der Waals surface area contributed by atoms with Gasteiger partial charge in [-0.05, 0) is 111 Å². The molecule has 4 rings (SSSR count). The minimum absolute atomic E-state index is 0.0326. The number of hydrogen-bond acceptors (Lipinski definition) is 4. The zero-order valence-corrected chi connectivity index (χ0v) is 21.6. The van der Waals surface area contributed by atoms with Gasteiger partial charge in [-0.25, -0.2) is 0 Å². The Morgan fingerprint density at radius 2 is 1.73 bits per heavy atom. The molecule has 33 heavy (non-hydrogen) atoms. The molecule has 0 spiro atoms. The average molecular weight is 484 g/mol. The molecule has 190 valence electrons. The summed E-state index contributed by atoms with van der Waals surface area (Å²) in [6, 6.07) is 0. The number of hydrogen-bond donors (Lipinski definition) is 3. The molecule has 5 unspecified atom stereocenters. The van der Waals surface area contributed by atoms with Gasteiger partial charge in [0, 0.05) is 13.0 Å². The molecule has 0 bridgehead atoms. The molecule has 1 amide bonds. The lowest BCUT2D eigenvalue weighted by atomic mass is 9.44. The second-order valence-corrected chi connectivity index (χ2v) is 14.0. The molecular weight excluding hydrogens is 438 g/mol. The summed E-state index contributed by atoms with van der Waals surface area (Å²) in [4.78, 5) is 12.2. The normalized spacial score (nSPS) is 43.8. The Bertz CT molecular complexity index is 831. The van der Waals surface area contributed by atoms with E-state index < -0.39 is 15.9 Å². The van der Waals surface area contributed by atoms with Gasteiger partial charge in [0.25, 0.3) is 10.1 Å². The van der Waals surface area contributed by atoms with Gasteiger partial charge in [-0.3, -0.25) is 9.35 Å². The molecule has 0 aromatic carbocycles. The maximum Gasteiger partial charge on any atom is 0.266 e. The smallest absolute Gasteiger partial charge is 0.266 e. The second-order valence-electron chi connectivity index (χ2n) is 12.5. The summed E-state index contributed by atoms with van der Waals surface area (Å²) in [6.07, 6.45) is 12.1. The van der Waals surface area contributed by atoms with Gasteiger partial charge in [0.15, 0.2) is 0 Å². The highest BCUT2D eigenvalue weighted by atomic mass is 32.2. The van der Waals surface area contributed by atoms with Gasteiger partial charge in [-0.1, -0.05) is 20.8 Å².